The van der Waals surface area contributed by atoms with Gasteiger partial charge in [0, 0.05) is 5.92 Å². The number of aryl methyl sites for hydroxylation is 2. The van der Waals surface area contributed by atoms with Gasteiger partial charge in [0.15, 0.2) is 5.78 Å². The average Bonchev–Trinajstić information content (AvgIpc) is 2.94. The smallest absolute Gasteiger partial charge is 0.158 e. The minimum absolute atomic E-state index is 0.0590. The lowest BCUT2D eigenvalue weighted by Crippen LogP contribution is -2.15. The molecule has 0 saturated heterocycles. The van der Waals surface area contributed by atoms with E-state index in [1.807, 2.05) is 32.0 Å². The molecular formula is C16H19NO. The first kappa shape index (κ1) is 12.8. The van der Waals surface area contributed by atoms with Gasteiger partial charge in [0.25, 0.3) is 0 Å². The predicted octanol–water partition coefficient (Wildman–Crippen LogP) is 3.53. The van der Waals surface area contributed by atoms with Gasteiger partial charge < -0.3 is 0 Å². The molecule has 0 N–H and O–H groups in total. The van der Waals surface area contributed by atoms with Crippen molar-refractivity contribution >= 4 is 5.78 Å². The van der Waals surface area contributed by atoms with Crippen molar-refractivity contribution in [3.05, 3.63) is 34.9 Å². The van der Waals surface area contributed by atoms with E-state index >= 15 is 0 Å². The summed E-state index contributed by atoms with van der Waals surface area (Å²) in [6, 6.07) is 8.04. The molecule has 0 aliphatic heterocycles. The summed E-state index contributed by atoms with van der Waals surface area (Å²) in [5.41, 5.74) is 3.25. The number of carbonyl (C=O) groups is 1. The molecule has 18 heavy (non-hydrogen) atoms. The second-order valence-electron chi connectivity index (χ2n) is 6.05. The van der Waals surface area contributed by atoms with E-state index in [1.165, 1.54) is 5.56 Å². The highest BCUT2D eigenvalue weighted by Crippen LogP contribution is 2.53. The Balaban J connectivity index is 2.27. The maximum atomic E-state index is 12.3. The van der Waals surface area contributed by atoms with Gasteiger partial charge >= 0.3 is 0 Å². The Morgan fingerprint density at radius 3 is 2.44 bits per heavy atom. The first-order chi connectivity index (χ1) is 8.36. The lowest BCUT2D eigenvalue weighted by atomic mass is 9.89. The van der Waals surface area contributed by atoms with Gasteiger partial charge in [-0.2, -0.15) is 5.26 Å². The highest BCUT2D eigenvalue weighted by molar-refractivity contribution is 5.93. The van der Waals surface area contributed by atoms with E-state index in [0.717, 1.165) is 17.5 Å². The SMILES string of the molecule is Cc1ccc(C(C#N)C(=O)C2CC2(C)C)cc1C. The van der Waals surface area contributed by atoms with Gasteiger partial charge in [0.1, 0.15) is 5.92 Å². The Kier molecular flexibility index (Phi) is 3.02. The molecule has 1 aliphatic rings. The molecule has 2 rings (SSSR count). The number of carbonyl (C=O) groups excluding carboxylic acids is 1. The van der Waals surface area contributed by atoms with Crippen LogP contribution >= 0.6 is 0 Å². The quantitative estimate of drug-likeness (QED) is 0.812. The van der Waals surface area contributed by atoms with E-state index in [9.17, 15) is 10.1 Å². The molecule has 0 amide bonds. The Morgan fingerprint density at radius 2 is 2.00 bits per heavy atom. The molecule has 1 aromatic rings. The Hall–Kier alpha value is -1.62. The topological polar surface area (TPSA) is 40.9 Å². The summed E-state index contributed by atoms with van der Waals surface area (Å²) < 4.78 is 0. The van der Waals surface area contributed by atoms with Crippen molar-refractivity contribution in [3.8, 4) is 6.07 Å². The second-order valence-corrected chi connectivity index (χ2v) is 6.05. The normalized spacial score (nSPS) is 22.1. The van der Waals surface area contributed by atoms with Gasteiger partial charge in [0.2, 0.25) is 0 Å². The van der Waals surface area contributed by atoms with Crippen molar-refractivity contribution in [2.75, 3.05) is 0 Å². The second kappa shape index (κ2) is 4.24. The van der Waals surface area contributed by atoms with E-state index in [4.69, 9.17) is 0 Å². The van der Waals surface area contributed by atoms with E-state index in [-0.39, 0.29) is 17.1 Å². The highest BCUT2D eigenvalue weighted by Gasteiger charge is 2.52. The summed E-state index contributed by atoms with van der Waals surface area (Å²) in [6.45, 7) is 8.22. The molecule has 2 heteroatoms. The number of benzene rings is 1. The molecule has 0 radical (unpaired) electrons. The van der Waals surface area contributed by atoms with Gasteiger partial charge in [-0.1, -0.05) is 32.0 Å². The summed E-state index contributed by atoms with van der Waals surface area (Å²) in [4.78, 5) is 12.3. The molecule has 1 saturated carbocycles. The molecular weight excluding hydrogens is 222 g/mol. The van der Waals surface area contributed by atoms with Crippen molar-refractivity contribution in [3.63, 3.8) is 0 Å². The number of nitriles is 1. The molecule has 0 aromatic heterocycles. The largest absolute Gasteiger partial charge is 0.298 e. The van der Waals surface area contributed by atoms with Crippen LogP contribution in [0.1, 0.15) is 42.9 Å². The Morgan fingerprint density at radius 1 is 1.39 bits per heavy atom. The van der Waals surface area contributed by atoms with Crippen LogP contribution in [-0.2, 0) is 4.79 Å². The fraction of sp³-hybridized carbons (Fsp3) is 0.500. The van der Waals surface area contributed by atoms with Crippen LogP contribution in [0.2, 0.25) is 0 Å². The van der Waals surface area contributed by atoms with Crippen LogP contribution in [0.15, 0.2) is 18.2 Å². The standard InChI is InChI=1S/C16H19NO/c1-10-5-6-12(7-11(10)2)13(9-17)15(18)14-8-16(14,3)4/h5-7,13-14H,8H2,1-4H3. The van der Waals surface area contributed by atoms with E-state index in [1.54, 1.807) is 0 Å². The monoisotopic (exact) mass is 241 g/mol. The number of hydrogen-bond donors (Lipinski definition) is 0. The number of ketones is 1. The van der Waals surface area contributed by atoms with Crippen LogP contribution in [0, 0.1) is 36.5 Å². The molecule has 1 aromatic carbocycles. The van der Waals surface area contributed by atoms with Gasteiger partial charge in [-0.3, -0.25) is 4.79 Å². The number of rotatable bonds is 3. The molecule has 2 atom stereocenters. The predicted molar refractivity (Wildman–Crippen MR) is 71.2 cm³/mol. The third kappa shape index (κ3) is 2.18. The maximum absolute atomic E-state index is 12.3. The summed E-state index contributed by atoms with van der Waals surface area (Å²) >= 11 is 0. The third-order valence-corrected chi connectivity index (χ3v) is 4.13. The zero-order chi connectivity index (χ0) is 13.5. The van der Waals surface area contributed by atoms with Gasteiger partial charge in [-0.25, -0.2) is 0 Å². The van der Waals surface area contributed by atoms with Crippen LogP contribution < -0.4 is 0 Å². The Bertz CT molecular complexity index is 537. The number of Topliss-reactive ketones (excluding diaryl/α,β-unsaturated/α-hetero) is 1. The fourth-order valence-electron chi connectivity index (χ4n) is 2.40. The van der Waals surface area contributed by atoms with Crippen molar-refractivity contribution in [2.45, 2.75) is 40.0 Å². The molecule has 2 nitrogen and oxygen atoms in total. The maximum Gasteiger partial charge on any atom is 0.158 e. The van der Waals surface area contributed by atoms with Crippen LogP contribution in [0.4, 0.5) is 0 Å². The van der Waals surface area contributed by atoms with Gasteiger partial charge in [0.05, 0.1) is 6.07 Å². The lowest BCUT2D eigenvalue weighted by Gasteiger charge is -2.11. The molecule has 0 heterocycles. The molecule has 1 fully saturated rings. The van der Waals surface area contributed by atoms with Crippen LogP contribution in [-0.4, -0.2) is 5.78 Å². The molecule has 94 valence electrons. The third-order valence-electron chi connectivity index (χ3n) is 4.13. The average molecular weight is 241 g/mol. The van der Waals surface area contributed by atoms with Crippen molar-refractivity contribution in [1.82, 2.24) is 0 Å². The zero-order valence-electron chi connectivity index (χ0n) is 11.4. The van der Waals surface area contributed by atoms with Crippen molar-refractivity contribution in [1.29, 1.82) is 5.26 Å². The van der Waals surface area contributed by atoms with Crippen LogP contribution in [0.3, 0.4) is 0 Å². The minimum atomic E-state index is -0.601. The Labute approximate surface area is 109 Å². The summed E-state index contributed by atoms with van der Waals surface area (Å²) in [7, 11) is 0. The zero-order valence-corrected chi connectivity index (χ0v) is 11.4. The first-order valence-electron chi connectivity index (χ1n) is 6.37. The molecule has 2 unspecified atom stereocenters. The highest BCUT2D eigenvalue weighted by atomic mass is 16.1. The van der Waals surface area contributed by atoms with Crippen LogP contribution in [0.5, 0.6) is 0 Å². The van der Waals surface area contributed by atoms with E-state index in [2.05, 4.69) is 19.9 Å². The summed E-state index contributed by atoms with van der Waals surface area (Å²) in [6.07, 6.45) is 0.912. The van der Waals surface area contributed by atoms with Gasteiger partial charge in [-0.05, 0) is 42.4 Å². The number of nitrogens with zero attached hydrogens (tertiary/aromatic N) is 1. The van der Waals surface area contributed by atoms with E-state index < -0.39 is 5.92 Å². The fourth-order valence-corrected chi connectivity index (χ4v) is 2.40. The first-order valence-corrected chi connectivity index (χ1v) is 6.37. The van der Waals surface area contributed by atoms with E-state index in [0.29, 0.717) is 0 Å². The van der Waals surface area contributed by atoms with Gasteiger partial charge in [-0.15, -0.1) is 0 Å². The minimum Gasteiger partial charge on any atom is -0.298 e. The molecule has 1 aliphatic carbocycles. The van der Waals surface area contributed by atoms with Crippen molar-refractivity contribution < 1.29 is 4.79 Å². The molecule has 0 spiro atoms. The summed E-state index contributed by atoms with van der Waals surface area (Å²) in [5.74, 6) is -0.453. The number of hydrogen-bond acceptors (Lipinski definition) is 2. The molecule has 0 bridgehead atoms. The lowest BCUT2D eigenvalue weighted by molar-refractivity contribution is -0.121. The van der Waals surface area contributed by atoms with Crippen LogP contribution in [0.25, 0.3) is 0 Å². The summed E-state index contributed by atoms with van der Waals surface area (Å²) in [5, 5.41) is 9.29. The van der Waals surface area contributed by atoms with Crippen molar-refractivity contribution in [2.24, 2.45) is 11.3 Å².